The van der Waals surface area contributed by atoms with E-state index in [1.165, 1.54) is 11.8 Å². The molecule has 0 atom stereocenters. The maximum Gasteiger partial charge on any atom is 0.227 e. The molecule has 2 rings (SSSR count). The van der Waals surface area contributed by atoms with Crippen LogP contribution in [0.3, 0.4) is 0 Å². The number of primary amides is 1. The van der Waals surface area contributed by atoms with Gasteiger partial charge in [0.2, 0.25) is 5.91 Å². The third kappa shape index (κ3) is 4.24. The second-order valence-corrected chi connectivity index (χ2v) is 6.29. The van der Waals surface area contributed by atoms with Crippen LogP contribution in [-0.2, 0) is 11.8 Å². The van der Waals surface area contributed by atoms with Crippen LogP contribution in [0.25, 0.3) is 11.4 Å². The van der Waals surface area contributed by atoms with Gasteiger partial charge in [-0.3, -0.25) is 4.79 Å². The minimum atomic E-state index is -0.374. The second-order valence-electron chi connectivity index (χ2n) is 5.35. The van der Waals surface area contributed by atoms with Crippen LogP contribution in [0.1, 0.15) is 13.8 Å². The van der Waals surface area contributed by atoms with Gasteiger partial charge in [0.1, 0.15) is 5.75 Å². The fourth-order valence-corrected chi connectivity index (χ4v) is 2.44. The zero-order valence-electron chi connectivity index (χ0n) is 12.9. The Balaban J connectivity index is 2.10. The molecule has 2 N–H and O–H groups in total. The van der Waals surface area contributed by atoms with Crippen LogP contribution in [0.15, 0.2) is 29.4 Å². The first-order valence-corrected chi connectivity index (χ1v) is 7.99. The number of benzene rings is 1. The van der Waals surface area contributed by atoms with E-state index in [2.05, 4.69) is 24.0 Å². The van der Waals surface area contributed by atoms with Crippen molar-refractivity contribution in [2.24, 2.45) is 18.7 Å². The predicted octanol–water partition coefficient (Wildman–Crippen LogP) is 2.09. The lowest BCUT2D eigenvalue weighted by Gasteiger charge is -2.09. The van der Waals surface area contributed by atoms with E-state index < -0.39 is 0 Å². The number of carbonyl (C=O) groups is 1. The molecule has 0 radical (unpaired) electrons. The first-order chi connectivity index (χ1) is 10.5. The van der Waals surface area contributed by atoms with Crippen molar-refractivity contribution in [3.63, 3.8) is 0 Å². The van der Waals surface area contributed by atoms with Crippen molar-refractivity contribution in [1.29, 1.82) is 0 Å². The number of hydrogen-bond donors (Lipinski definition) is 1. The summed E-state index contributed by atoms with van der Waals surface area (Å²) in [6, 6.07) is 7.73. The number of amides is 1. The molecule has 0 saturated heterocycles. The van der Waals surface area contributed by atoms with Crippen LogP contribution < -0.4 is 10.5 Å². The number of thioether (sulfide) groups is 1. The Kier molecular flexibility index (Phi) is 5.43. The third-order valence-electron chi connectivity index (χ3n) is 2.87. The van der Waals surface area contributed by atoms with Gasteiger partial charge in [0.15, 0.2) is 11.0 Å². The van der Waals surface area contributed by atoms with E-state index in [9.17, 15) is 4.79 Å². The first-order valence-electron chi connectivity index (χ1n) is 7.01. The van der Waals surface area contributed by atoms with Crippen LogP contribution in [-0.4, -0.2) is 33.0 Å². The van der Waals surface area contributed by atoms with Gasteiger partial charge in [0.25, 0.3) is 0 Å². The Labute approximate surface area is 134 Å². The Morgan fingerprint density at radius 2 is 2.00 bits per heavy atom. The lowest BCUT2D eigenvalue weighted by atomic mass is 10.2. The Morgan fingerprint density at radius 1 is 1.32 bits per heavy atom. The van der Waals surface area contributed by atoms with Gasteiger partial charge in [-0.2, -0.15) is 0 Å². The first kappa shape index (κ1) is 16.4. The number of rotatable bonds is 7. The second kappa shape index (κ2) is 7.31. The van der Waals surface area contributed by atoms with Crippen molar-refractivity contribution in [3.05, 3.63) is 24.3 Å². The molecule has 0 saturated carbocycles. The van der Waals surface area contributed by atoms with E-state index in [1.54, 1.807) is 0 Å². The minimum absolute atomic E-state index is 0.188. The summed E-state index contributed by atoms with van der Waals surface area (Å²) in [5, 5.41) is 8.91. The molecule has 0 unspecified atom stereocenters. The summed E-state index contributed by atoms with van der Waals surface area (Å²) in [5.41, 5.74) is 6.09. The van der Waals surface area contributed by atoms with Crippen LogP contribution >= 0.6 is 11.8 Å². The maximum absolute atomic E-state index is 10.8. The predicted molar refractivity (Wildman–Crippen MR) is 86.7 cm³/mol. The molecule has 7 heteroatoms. The fourth-order valence-electron chi connectivity index (χ4n) is 1.79. The van der Waals surface area contributed by atoms with Gasteiger partial charge in [0.05, 0.1) is 12.4 Å². The summed E-state index contributed by atoms with van der Waals surface area (Å²) in [6.07, 6.45) is 0. The molecule has 2 aromatic rings. The summed E-state index contributed by atoms with van der Waals surface area (Å²) in [7, 11) is 1.86. The molecule has 1 amide bonds. The molecule has 0 fully saturated rings. The molecule has 0 spiro atoms. The molecule has 1 heterocycles. The summed E-state index contributed by atoms with van der Waals surface area (Å²) in [6.45, 7) is 4.91. The Morgan fingerprint density at radius 3 is 2.59 bits per heavy atom. The molecular weight excluding hydrogens is 300 g/mol. The minimum Gasteiger partial charge on any atom is -0.493 e. The monoisotopic (exact) mass is 320 g/mol. The summed E-state index contributed by atoms with van der Waals surface area (Å²) in [4.78, 5) is 10.8. The maximum atomic E-state index is 10.8. The third-order valence-corrected chi connectivity index (χ3v) is 3.92. The quantitative estimate of drug-likeness (QED) is 0.790. The van der Waals surface area contributed by atoms with E-state index in [-0.39, 0.29) is 11.7 Å². The zero-order chi connectivity index (χ0) is 16.1. The average Bonchev–Trinajstić information content (AvgIpc) is 2.84. The lowest BCUT2D eigenvalue weighted by molar-refractivity contribution is -0.115. The van der Waals surface area contributed by atoms with Crippen molar-refractivity contribution < 1.29 is 9.53 Å². The van der Waals surface area contributed by atoms with Crippen molar-refractivity contribution in [1.82, 2.24) is 14.8 Å². The van der Waals surface area contributed by atoms with Gasteiger partial charge in [0, 0.05) is 12.6 Å². The lowest BCUT2D eigenvalue weighted by Crippen LogP contribution is -2.13. The number of nitrogens with zero attached hydrogens (tertiary/aromatic N) is 3. The van der Waals surface area contributed by atoms with Crippen molar-refractivity contribution in [2.45, 2.75) is 19.0 Å². The topological polar surface area (TPSA) is 83.0 Å². The van der Waals surface area contributed by atoms with Crippen LogP contribution in [0.2, 0.25) is 0 Å². The molecule has 118 valence electrons. The number of ether oxygens (including phenoxy) is 1. The van der Waals surface area contributed by atoms with E-state index >= 15 is 0 Å². The number of aromatic nitrogens is 3. The average molecular weight is 320 g/mol. The van der Waals surface area contributed by atoms with Crippen molar-refractivity contribution in [3.8, 4) is 17.1 Å². The normalized spacial score (nSPS) is 10.9. The Hall–Kier alpha value is -2.02. The zero-order valence-corrected chi connectivity index (χ0v) is 13.8. The van der Waals surface area contributed by atoms with Gasteiger partial charge >= 0.3 is 0 Å². The standard InChI is InChI=1S/C15H20N4O2S/c1-10(2)8-21-12-6-4-11(5-7-12)14-17-18-15(19(14)3)22-9-13(16)20/h4-7,10H,8-9H2,1-3H3,(H2,16,20). The van der Waals surface area contributed by atoms with E-state index in [0.29, 0.717) is 17.7 Å². The van der Waals surface area contributed by atoms with Gasteiger partial charge in [-0.05, 0) is 30.2 Å². The smallest absolute Gasteiger partial charge is 0.227 e. The molecule has 0 aliphatic heterocycles. The van der Waals surface area contributed by atoms with E-state index in [0.717, 1.165) is 17.1 Å². The molecule has 0 aliphatic rings. The highest BCUT2D eigenvalue weighted by Crippen LogP contribution is 2.24. The molecule has 1 aromatic carbocycles. The summed E-state index contributed by atoms with van der Waals surface area (Å²) < 4.78 is 7.51. The molecule has 1 aromatic heterocycles. The van der Waals surface area contributed by atoms with Gasteiger partial charge in [-0.1, -0.05) is 25.6 Å². The molecular formula is C15H20N4O2S. The van der Waals surface area contributed by atoms with Crippen molar-refractivity contribution >= 4 is 17.7 Å². The summed E-state index contributed by atoms with van der Waals surface area (Å²) >= 11 is 1.28. The molecule has 0 bridgehead atoms. The largest absolute Gasteiger partial charge is 0.493 e. The molecule has 0 aliphatic carbocycles. The van der Waals surface area contributed by atoms with Crippen LogP contribution in [0, 0.1) is 5.92 Å². The van der Waals surface area contributed by atoms with Gasteiger partial charge < -0.3 is 15.0 Å². The Bertz CT molecular complexity index is 637. The number of nitrogens with two attached hydrogens (primary N) is 1. The van der Waals surface area contributed by atoms with Gasteiger partial charge in [-0.15, -0.1) is 10.2 Å². The molecule has 22 heavy (non-hydrogen) atoms. The van der Waals surface area contributed by atoms with Crippen molar-refractivity contribution in [2.75, 3.05) is 12.4 Å². The van der Waals surface area contributed by atoms with Crippen LogP contribution in [0.4, 0.5) is 0 Å². The molecule has 6 nitrogen and oxygen atoms in total. The summed E-state index contributed by atoms with van der Waals surface area (Å²) in [5.74, 6) is 1.88. The number of carbonyl (C=O) groups excluding carboxylic acids is 1. The highest BCUT2D eigenvalue weighted by Gasteiger charge is 2.12. The van der Waals surface area contributed by atoms with E-state index in [4.69, 9.17) is 10.5 Å². The number of hydrogen-bond acceptors (Lipinski definition) is 5. The SMILES string of the molecule is CC(C)COc1ccc(-c2nnc(SCC(N)=O)n2C)cc1. The highest BCUT2D eigenvalue weighted by atomic mass is 32.2. The van der Waals surface area contributed by atoms with Gasteiger partial charge in [-0.25, -0.2) is 0 Å². The van der Waals surface area contributed by atoms with Crippen LogP contribution in [0.5, 0.6) is 5.75 Å². The fraction of sp³-hybridized carbons (Fsp3) is 0.400. The highest BCUT2D eigenvalue weighted by molar-refractivity contribution is 7.99. The van der Waals surface area contributed by atoms with E-state index in [1.807, 2.05) is 35.9 Å².